The van der Waals surface area contributed by atoms with Gasteiger partial charge in [-0.25, -0.2) is 9.97 Å². The third-order valence-corrected chi connectivity index (χ3v) is 9.18. The minimum Gasteiger partial charge on any atom is -0.439 e. The lowest BCUT2D eigenvalue weighted by Gasteiger charge is -2.10. The smallest absolute Gasteiger partial charge is 0.219 e. The monoisotopic (exact) mass is 584 g/mol. The summed E-state index contributed by atoms with van der Waals surface area (Å²) in [6, 6.07) is 46.2. The van der Waals surface area contributed by atoms with Gasteiger partial charge >= 0.3 is 0 Å². The molecule has 44 heavy (non-hydrogen) atoms. The van der Waals surface area contributed by atoms with Crippen molar-refractivity contribution in [2.45, 2.75) is 0 Å². The predicted molar refractivity (Wildman–Crippen MR) is 181 cm³/mol. The number of hydrogen-bond acceptors (Lipinski definition) is 4. The molecule has 0 aliphatic carbocycles. The highest BCUT2D eigenvalue weighted by Crippen LogP contribution is 2.38. The van der Waals surface area contributed by atoms with E-state index in [1.807, 2.05) is 30.5 Å². The number of nitrogens with zero attached hydrogens (tertiary/aromatic N) is 4. The highest BCUT2D eigenvalue weighted by Gasteiger charge is 2.17. The molecule has 0 radical (unpaired) electrons. The molecule has 9 aromatic rings. The molecule has 0 amide bonds. The van der Waals surface area contributed by atoms with Crippen molar-refractivity contribution in [2.75, 3.05) is 0 Å². The lowest BCUT2D eigenvalue weighted by molar-refractivity contribution is 0.463. The van der Waals surface area contributed by atoms with Crippen LogP contribution in [0.3, 0.4) is 0 Å². The highest BCUT2D eigenvalue weighted by molar-refractivity contribution is 7.17. The fourth-order valence-electron chi connectivity index (χ4n) is 6.26. The molecule has 208 valence electrons. The summed E-state index contributed by atoms with van der Waals surface area (Å²) in [7, 11) is 0. The number of hydrogen-bond donors (Lipinski definition) is 0. The maximum absolute atomic E-state index is 6.13. The van der Waals surface area contributed by atoms with Crippen LogP contribution < -0.4 is 4.74 Å². The van der Waals surface area contributed by atoms with Crippen LogP contribution in [0.25, 0.3) is 64.9 Å². The number of rotatable bonds is 5. The molecule has 0 bridgehead atoms. The van der Waals surface area contributed by atoms with Crippen molar-refractivity contribution < 1.29 is 4.74 Å². The van der Waals surface area contributed by atoms with E-state index >= 15 is 0 Å². The Hall–Kier alpha value is -5.72. The van der Waals surface area contributed by atoms with E-state index in [1.165, 1.54) is 32.6 Å². The Morgan fingerprint density at radius 3 is 1.89 bits per heavy atom. The van der Waals surface area contributed by atoms with Crippen LogP contribution in [0.1, 0.15) is 0 Å². The molecule has 0 unspecified atom stereocenters. The summed E-state index contributed by atoms with van der Waals surface area (Å²) in [6.45, 7) is 0. The first-order chi connectivity index (χ1) is 21.8. The van der Waals surface area contributed by atoms with E-state index in [0.29, 0.717) is 5.88 Å². The van der Waals surface area contributed by atoms with Gasteiger partial charge in [-0.3, -0.25) is 4.57 Å². The normalized spacial score (nSPS) is 11.6. The van der Waals surface area contributed by atoms with Gasteiger partial charge in [0, 0.05) is 51.1 Å². The predicted octanol–water partition coefficient (Wildman–Crippen LogP) is 10.2. The molecule has 0 atom stereocenters. The van der Waals surface area contributed by atoms with Crippen LogP contribution in [0.15, 0.2) is 146 Å². The molecule has 0 spiro atoms. The lowest BCUT2D eigenvalue weighted by Crippen LogP contribution is -1.95. The number of aromatic nitrogens is 4. The zero-order chi connectivity index (χ0) is 29.0. The van der Waals surface area contributed by atoms with Crippen LogP contribution in [0, 0.1) is 0 Å². The molecule has 0 saturated carbocycles. The second kappa shape index (κ2) is 9.93. The average molecular weight is 585 g/mol. The van der Waals surface area contributed by atoms with Gasteiger partial charge in [-0.15, -0.1) is 0 Å². The third kappa shape index (κ3) is 3.92. The summed E-state index contributed by atoms with van der Waals surface area (Å²) in [5, 5.41) is 6.93. The maximum Gasteiger partial charge on any atom is 0.219 e. The van der Waals surface area contributed by atoms with E-state index in [9.17, 15) is 0 Å². The summed E-state index contributed by atoms with van der Waals surface area (Å²) >= 11 is 1.71. The minimum absolute atomic E-state index is 0.569. The Morgan fingerprint density at radius 2 is 1.18 bits per heavy atom. The molecule has 0 aliphatic rings. The number of pyridine rings is 1. The molecule has 0 N–H and O–H groups in total. The molecular formula is C38H24N4OS. The molecule has 4 aromatic heterocycles. The van der Waals surface area contributed by atoms with Crippen LogP contribution in [0.5, 0.6) is 11.6 Å². The van der Waals surface area contributed by atoms with E-state index in [4.69, 9.17) is 9.72 Å². The quantitative estimate of drug-likeness (QED) is 0.202. The summed E-state index contributed by atoms with van der Waals surface area (Å²) in [4.78, 5) is 9.27. The Kier molecular flexibility index (Phi) is 5.61. The van der Waals surface area contributed by atoms with Crippen LogP contribution in [0.2, 0.25) is 0 Å². The zero-order valence-corrected chi connectivity index (χ0v) is 24.3. The summed E-state index contributed by atoms with van der Waals surface area (Å²) in [5.74, 6) is 1.31. The largest absolute Gasteiger partial charge is 0.439 e. The van der Waals surface area contributed by atoms with Gasteiger partial charge < -0.3 is 9.30 Å². The first-order valence-electron chi connectivity index (χ1n) is 14.5. The molecule has 4 heterocycles. The fourth-order valence-corrected chi connectivity index (χ4v) is 7.20. The summed E-state index contributed by atoms with van der Waals surface area (Å²) < 4.78 is 10.8. The van der Waals surface area contributed by atoms with Gasteiger partial charge in [-0.05, 0) is 48.5 Å². The average Bonchev–Trinajstić information content (AvgIpc) is 3.78. The zero-order valence-electron chi connectivity index (χ0n) is 23.5. The summed E-state index contributed by atoms with van der Waals surface area (Å²) in [5.41, 5.74) is 6.73. The van der Waals surface area contributed by atoms with Gasteiger partial charge in [-0.2, -0.15) is 0 Å². The number of para-hydroxylation sites is 3. The molecule has 5 aromatic carbocycles. The van der Waals surface area contributed by atoms with Crippen molar-refractivity contribution in [1.29, 1.82) is 0 Å². The maximum atomic E-state index is 6.13. The van der Waals surface area contributed by atoms with Gasteiger partial charge in [0.05, 0.1) is 28.3 Å². The Bertz CT molecular complexity index is 2440. The van der Waals surface area contributed by atoms with Crippen molar-refractivity contribution in [1.82, 2.24) is 19.1 Å². The highest BCUT2D eigenvalue weighted by atomic mass is 32.1. The lowest BCUT2D eigenvalue weighted by atomic mass is 10.1. The van der Waals surface area contributed by atoms with E-state index in [0.717, 1.165) is 38.0 Å². The van der Waals surface area contributed by atoms with Crippen molar-refractivity contribution in [3.05, 3.63) is 146 Å². The van der Waals surface area contributed by atoms with E-state index in [-0.39, 0.29) is 0 Å². The number of ether oxygens (including phenoxy) is 1. The SMILES string of the molecule is c1ccc(Oc2ccc3c4ccccc4n(-c4cccc(-c5ncc(-n6c7ccccc7c7ccccc76)s5)c4)c3c2)nc1. The summed E-state index contributed by atoms with van der Waals surface area (Å²) in [6.07, 6.45) is 3.73. The van der Waals surface area contributed by atoms with E-state index in [1.54, 1.807) is 17.5 Å². The standard InChI is InChI=1S/C38H24N4OS/c1-4-15-32-30(14-1)31-20-19-27(43-36-18-7-8-21-39-36)23-35(31)41(32)26-11-9-10-25(22-26)38-40-24-37(44-38)42-33-16-5-2-12-28(33)29-13-3-6-17-34(29)42/h1-24H. The molecule has 6 heteroatoms. The first kappa shape index (κ1) is 24.8. The minimum atomic E-state index is 0.569. The molecule has 0 fully saturated rings. The first-order valence-corrected chi connectivity index (χ1v) is 15.3. The molecule has 0 aliphatic heterocycles. The van der Waals surface area contributed by atoms with Crippen molar-refractivity contribution in [2.24, 2.45) is 0 Å². The van der Waals surface area contributed by atoms with Gasteiger partial charge in [0.2, 0.25) is 5.88 Å². The van der Waals surface area contributed by atoms with Gasteiger partial charge in [-0.1, -0.05) is 84.1 Å². The number of benzene rings is 5. The van der Waals surface area contributed by atoms with Crippen LogP contribution in [-0.2, 0) is 0 Å². The fraction of sp³-hybridized carbons (Fsp3) is 0. The van der Waals surface area contributed by atoms with Gasteiger partial charge in [0.1, 0.15) is 15.8 Å². The van der Waals surface area contributed by atoms with E-state index < -0.39 is 0 Å². The van der Waals surface area contributed by atoms with Crippen molar-refractivity contribution in [3.8, 4) is 32.9 Å². The molecule has 9 rings (SSSR count). The van der Waals surface area contributed by atoms with E-state index in [2.05, 4.69) is 123 Å². The molecular weight excluding hydrogens is 561 g/mol. The van der Waals surface area contributed by atoms with Crippen molar-refractivity contribution >= 4 is 54.9 Å². The van der Waals surface area contributed by atoms with Crippen LogP contribution in [0.4, 0.5) is 0 Å². The number of thiazole rings is 1. The van der Waals surface area contributed by atoms with Crippen LogP contribution >= 0.6 is 11.3 Å². The van der Waals surface area contributed by atoms with Crippen molar-refractivity contribution in [3.63, 3.8) is 0 Å². The van der Waals surface area contributed by atoms with Gasteiger partial charge in [0.15, 0.2) is 0 Å². The molecule has 5 nitrogen and oxygen atoms in total. The molecule has 0 saturated heterocycles. The second-order valence-electron chi connectivity index (χ2n) is 10.7. The second-order valence-corrected chi connectivity index (χ2v) is 11.7. The number of fused-ring (bicyclic) bond motifs is 6. The third-order valence-electron chi connectivity index (χ3n) is 8.15. The Morgan fingerprint density at radius 1 is 0.523 bits per heavy atom. The Labute approximate surface area is 256 Å². The van der Waals surface area contributed by atoms with Crippen LogP contribution in [-0.4, -0.2) is 19.1 Å². The topological polar surface area (TPSA) is 44.9 Å². The Balaban J connectivity index is 1.17. The van der Waals surface area contributed by atoms with Gasteiger partial charge in [0.25, 0.3) is 0 Å².